The Balaban J connectivity index is 3.34. The number of ketones is 1. The van der Waals surface area contributed by atoms with Crippen molar-refractivity contribution in [1.82, 2.24) is 0 Å². The van der Waals surface area contributed by atoms with Gasteiger partial charge in [0.1, 0.15) is 17.2 Å². The summed E-state index contributed by atoms with van der Waals surface area (Å²) in [5, 5.41) is 0. The van der Waals surface area contributed by atoms with Crippen molar-refractivity contribution in [2.75, 3.05) is 11.5 Å². The third kappa shape index (κ3) is 4.09. The van der Waals surface area contributed by atoms with E-state index in [9.17, 15) is 9.59 Å². The quantitative estimate of drug-likeness (QED) is 0.394. The third-order valence-electron chi connectivity index (χ3n) is 3.12. The second-order valence-electron chi connectivity index (χ2n) is 6.29. The molecule has 0 radical (unpaired) electrons. The molecule has 10 N–H and O–H groups in total. The minimum absolute atomic E-state index is 0.0586. The van der Waals surface area contributed by atoms with Crippen molar-refractivity contribution >= 4 is 23.3 Å². The molecule has 1 aromatic carbocycles. The summed E-state index contributed by atoms with van der Waals surface area (Å²) < 4.78 is 4.87. The van der Waals surface area contributed by atoms with E-state index < -0.39 is 17.2 Å². The van der Waals surface area contributed by atoms with Crippen molar-refractivity contribution in [1.29, 1.82) is 0 Å². The number of Topliss-reactive ketones (excluding diaryl/α,β-unsaturated/α-hetero) is 1. The first-order valence-corrected chi connectivity index (χ1v) is 6.62. The molecule has 0 fully saturated rings. The second-order valence-corrected chi connectivity index (χ2v) is 6.29. The number of anilines is 2. The summed E-state index contributed by atoms with van der Waals surface area (Å²) in [5.74, 6) is -0.226. The van der Waals surface area contributed by atoms with E-state index in [1.54, 1.807) is 20.8 Å². The molecule has 8 heteroatoms. The van der Waals surface area contributed by atoms with Crippen LogP contribution in [0.3, 0.4) is 0 Å². The van der Waals surface area contributed by atoms with E-state index in [2.05, 4.69) is 0 Å². The van der Waals surface area contributed by atoms with Crippen LogP contribution in [0.4, 0.5) is 16.2 Å². The Morgan fingerprint density at radius 2 is 1.68 bits per heavy atom. The number of primary amides is 1. The van der Waals surface area contributed by atoms with E-state index in [0.29, 0.717) is 0 Å². The monoisotopic (exact) mass is 309 g/mol. The molecule has 122 valence electrons. The lowest BCUT2D eigenvalue weighted by Crippen LogP contribution is -2.50. The number of hydrogen-bond donors (Lipinski definition) is 5. The topological polar surface area (TPSA) is 173 Å². The van der Waals surface area contributed by atoms with Gasteiger partial charge in [-0.1, -0.05) is 20.8 Å². The molecule has 0 aliphatic carbocycles. The van der Waals surface area contributed by atoms with E-state index in [0.717, 1.165) is 0 Å². The molecule has 1 aromatic rings. The Morgan fingerprint density at radius 1 is 1.14 bits per heavy atom. The molecule has 0 aliphatic heterocycles. The molecule has 8 nitrogen and oxygen atoms in total. The number of amides is 1. The van der Waals surface area contributed by atoms with Crippen LogP contribution >= 0.6 is 0 Å². The van der Waals surface area contributed by atoms with Gasteiger partial charge in [-0.25, -0.2) is 4.79 Å². The predicted octanol–water partition coefficient (Wildman–Crippen LogP) is 0.384. The van der Waals surface area contributed by atoms with Crippen molar-refractivity contribution in [3.05, 3.63) is 17.7 Å². The predicted molar refractivity (Wildman–Crippen MR) is 84.6 cm³/mol. The van der Waals surface area contributed by atoms with Crippen LogP contribution in [-0.2, 0) is 10.5 Å². The number of carbonyl (C=O) groups excluding carboxylic acids is 2. The zero-order valence-corrected chi connectivity index (χ0v) is 13.0. The van der Waals surface area contributed by atoms with Crippen LogP contribution < -0.4 is 33.4 Å². The first kappa shape index (κ1) is 17.7. The van der Waals surface area contributed by atoms with Crippen molar-refractivity contribution in [2.24, 2.45) is 22.6 Å². The highest BCUT2D eigenvalue weighted by Crippen LogP contribution is 2.36. The van der Waals surface area contributed by atoms with Crippen LogP contribution in [-0.4, -0.2) is 11.9 Å². The highest BCUT2D eigenvalue weighted by Gasteiger charge is 2.35. The van der Waals surface area contributed by atoms with Crippen molar-refractivity contribution in [3.63, 3.8) is 0 Å². The summed E-state index contributed by atoms with van der Waals surface area (Å²) in [4.78, 5) is 23.2. The van der Waals surface area contributed by atoms with E-state index >= 15 is 0 Å². The van der Waals surface area contributed by atoms with Gasteiger partial charge in [-0.2, -0.15) is 0 Å². The summed E-state index contributed by atoms with van der Waals surface area (Å²) in [6.45, 7) is 5.25. The summed E-state index contributed by atoms with van der Waals surface area (Å²) in [5.41, 5.74) is 26.9. The molecule has 1 amide bonds. The summed E-state index contributed by atoms with van der Waals surface area (Å²) >= 11 is 0. The minimum atomic E-state index is -1.63. The summed E-state index contributed by atoms with van der Waals surface area (Å²) in [6.07, 6.45) is -1.26. The van der Waals surface area contributed by atoms with Crippen molar-refractivity contribution in [2.45, 2.75) is 32.9 Å². The van der Waals surface area contributed by atoms with Crippen LogP contribution in [0.2, 0.25) is 0 Å². The summed E-state index contributed by atoms with van der Waals surface area (Å²) in [7, 11) is 0. The van der Waals surface area contributed by atoms with Gasteiger partial charge in [0.15, 0.2) is 0 Å². The molecule has 0 spiro atoms. The normalized spacial score (nSPS) is 12.0. The van der Waals surface area contributed by atoms with Crippen molar-refractivity contribution < 1.29 is 14.3 Å². The van der Waals surface area contributed by atoms with Crippen LogP contribution in [0.15, 0.2) is 12.1 Å². The third-order valence-corrected chi connectivity index (χ3v) is 3.12. The SMILES string of the molecule is CC(C)(C)C(=O)CC(N)(N)c1c(N)cc(N)cc1OC(N)=O. The lowest BCUT2D eigenvalue weighted by Gasteiger charge is -2.30. The Bertz CT molecular complexity index is 605. The Morgan fingerprint density at radius 3 is 2.14 bits per heavy atom. The fraction of sp³-hybridized carbons (Fsp3) is 0.429. The Labute approximate surface area is 128 Å². The number of ether oxygens (including phenoxy) is 1. The fourth-order valence-corrected chi connectivity index (χ4v) is 1.97. The average molecular weight is 309 g/mol. The van der Waals surface area contributed by atoms with Crippen molar-refractivity contribution in [3.8, 4) is 5.75 Å². The van der Waals surface area contributed by atoms with Gasteiger partial charge < -0.3 is 33.4 Å². The summed E-state index contributed by atoms with van der Waals surface area (Å²) in [6, 6.07) is 2.74. The molecule has 0 saturated heterocycles. The lowest BCUT2D eigenvalue weighted by molar-refractivity contribution is -0.127. The molecule has 0 unspecified atom stereocenters. The Kier molecular flexibility index (Phi) is 4.69. The molecule has 0 atom stereocenters. The van der Waals surface area contributed by atoms with Gasteiger partial charge in [0.2, 0.25) is 0 Å². The standard InChI is InChI=1S/C14H23N5O3/c1-13(2,3)10(20)6-14(18,19)11-8(16)4-7(15)5-9(11)22-12(17)21/h4-5H,6,15-16,18-19H2,1-3H3,(H2,17,21). The zero-order valence-electron chi connectivity index (χ0n) is 13.0. The smallest absolute Gasteiger partial charge is 0.409 e. The zero-order chi connectivity index (χ0) is 17.3. The molecular weight excluding hydrogens is 286 g/mol. The van der Waals surface area contributed by atoms with Gasteiger partial charge in [-0.05, 0) is 6.07 Å². The highest BCUT2D eigenvalue weighted by molar-refractivity contribution is 5.85. The highest BCUT2D eigenvalue weighted by atomic mass is 16.5. The number of nitrogen functional groups attached to an aromatic ring is 2. The number of rotatable bonds is 4. The number of hydrogen-bond acceptors (Lipinski definition) is 7. The largest absolute Gasteiger partial charge is 0.410 e. The maximum Gasteiger partial charge on any atom is 0.409 e. The number of benzene rings is 1. The van der Waals surface area contributed by atoms with E-state index in [-0.39, 0.29) is 34.9 Å². The van der Waals surface area contributed by atoms with Crippen LogP contribution in [0.5, 0.6) is 5.75 Å². The minimum Gasteiger partial charge on any atom is -0.410 e. The molecule has 1 rings (SSSR count). The van der Waals surface area contributed by atoms with Gasteiger partial charge >= 0.3 is 6.09 Å². The molecule has 0 bridgehead atoms. The van der Waals surface area contributed by atoms with Gasteiger partial charge in [-0.3, -0.25) is 4.79 Å². The molecule has 0 saturated carbocycles. The molecule has 0 heterocycles. The average Bonchev–Trinajstić information content (AvgIpc) is 2.23. The molecule has 22 heavy (non-hydrogen) atoms. The maximum atomic E-state index is 12.2. The molecule has 0 aliphatic rings. The Hall–Kier alpha value is -2.32. The van der Waals surface area contributed by atoms with Gasteiger partial charge in [0.25, 0.3) is 0 Å². The van der Waals surface area contributed by atoms with Crippen LogP contribution in [0.1, 0.15) is 32.8 Å². The second kappa shape index (κ2) is 5.82. The number of nitrogens with two attached hydrogens (primary N) is 5. The van der Waals surface area contributed by atoms with Gasteiger partial charge in [0, 0.05) is 29.3 Å². The fourth-order valence-electron chi connectivity index (χ4n) is 1.97. The molecule has 0 aromatic heterocycles. The van der Waals surface area contributed by atoms with Gasteiger partial charge in [-0.15, -0.1) is 0 Å². The van der Waals surface area contributed by atoms with Crippen LogP contribution in [0.25, 0.3) is 0 Å². The van der Waals surface area contributed by atoms with Crippen LogP contribution in [0, 0.1) is 5.41 Å². The van der Waals surface area contributed by atoms with E-state index in [1.165, 1.54) is 12.1 Å². The number of carbonyl (C=O) groups is 2. The van der Waals surface area contributed by atoms with E-state index in [4.69, 9.17) is 33.4 Å². The molecular formula is C14H23N5O3. The maximum absolute atomic E-state index is 12.2. The lowest BCUT2D eigenvalue weighted by atomic mass is 9.83. The van der Waals surface area contributed by atoms with E-state index in [1.807, 2.05) is 0 Å². The first-order valence-electron chi connectivity index (χ1n) is 6.62. The van der Waals surface area contributed by atoms with Gasteiger partial charge in [0.05, 0.1) is 5.56 Å². The first-order chi connectivity index (χ1) is 9.84.